The number of hydrogen-bond acceptors (Lipinski definition) is 1. The molecule has 0 N–H and O–H groups in total. The van der Waals surface area contributed by atoms with Gasteiger partial charge in [-0.3, -0.25) is 0 Å². The second-order valence-electron chi connectivity index (χ2n) is 13.7. The molecule has 1 aliphatic heterocycles. The average molecular weight is 652 g/mol. The van der Waals surface area contributed by atoms with Crippen LogP contribution in [0.5, 0.6) is 0 Å². The summed E-state index contributed by atoms with van der Waals surface area (Å²) >= 11 is 0. The number of para-hydroxylation sites is 6. The van der Waals surface area contributed by atoms with Crippen molar-refractivity contribution in [2.75, 3.05) is 4.90 Å². The van der Waals surface area contributed by atoms with E-state index >= 15 is 0 Å². The Hall–Kier alpha value is -6.58. The summed E-state index contributed by atoms with van der Waals surface area (Å²) in [5, 5.41) is 6.44. The van der Waals surface area contributed by atoms with Gasteiger partial charge in [0.1, 0.15) is 0 Å². The van der Waals surface area contributed by atoms with Crippen molar-refractivity contribution in [1.29, 1.82) is 0 Å². The lowest BCUT2D eigenvalue weighted by Crippen LogP contribution is -2.37. The number of aromatic nitrogens is 2. The lowest BCUT2D eigenvalue weighted by Gasteiger charge is -2.27. The van der Waals surface area contributed by atoms with Crippen LogP contribution in [0.1, 0.15) is 17.9 Å². The first-order chi connectivity index (χ1) is 25.3. The minimum atomic E-state index is 0.265. The molecule has 2 aromatic heterocycles. The molecule has 0 saturated carbocycles. The number of hydrogen-bond donors (Lipinski definition) is 0. The van der Waals surface area contributed by atoms with Crippen LogP contribution in [0, 0.1) is 0 Å². The van der Waals surface area contributed by atoms with Gasteiger partial charge in [-0.2, -0.15) is 0 Å². The smallest absolute Gasteiger partial charge is 0.0541 e. The summed E-state index contributed by atoms with van der Waals surface area (Å²) < 4.78 is 4.87. The van der Waals surface area contributed by atoms with Crippen molar-refractivity contribution in [3.05, 3.63) is 192 Å². The van der Waals surface area contributed by atoms with Crippen LogP contribution in [0.25, 0.3) is 67.0 Å². The summed E-state index contributed by atoms with van der Waals surface area (Å²) in [5.74, 6) is 0.265. The maximum Gasteiger partial charge on any atom is 0.0541 e. The molecular weight excluding hydrogens is 619 g/mol. The molecule has 0 spiro atoms. The lowest BCUT2D eigenvalue weighted by molar-refractivity contribution is 0.895. The molecule has 0 fully saturated rings. The second kappa shape index (κ2) is 11.0. The first kappa shape index (κ1) is 28.3. The number of fused-ring (bicyclic) bond motifs is 9. The topological polar surface area (TPSA) is 13.1 Å². The van der Waals surface area contributed by atoms with Crippen molar-refractivity contribution in [3.8, 4) is 22.5 Å². The summed E-state index contributed by atoms with van der Waals surface area (Å²) in [6.45, 7) is 0. The van der Waals surface area contributed by atoms with Crippen LogP contribution in [0.3, 0.4) is 0 Å². The molecule has 7 aromatic carbocycles. The molecule has 0 amide bonds. The van der Waals surface area contributed by atoms with Gasteiger partial charge in [0, 0.05) is 55.6 Å². The summed E-state index contributed by atoms with van der Waals surface area (Å²) in [6, 6.07) is 64.3. The van der Waals surface area contributed by atoms with Crippen LogP contribution in [0.2, 0.25) is 0 Å². The molecule has 0 radical (unpaired) electrons. The quantitative estimate of drug-likeness (QED) is 0.185. The predicted molar refractivity (Wildman–Crippen MR) is 213 cm³/mol. The zero-order chi connectivity index (χ0) is 33.5. The lowest BCUT2D eigenvalue weighted by atomic mass is 9.90. The van der Waals surface area contributed by atoms with Gasteiger partial charge in [-0.15, -0.1) is 0 Å². The molecule has 1 aliphatic carbocycles. The first-order valence-electron chi connectivity index (χ1n) is 17.8. The SMILES string of the molecule is C1=c2c(c3ccccc3n2-c2ccccc2)=C2C(C1)c1ccccc1N2c1ccccc1-c1cccc(-n2c3ccccc3c3ccccc32)c1. The Morgan fingerprint density at radius 2 is 1.04 bits per heavy atom. The van der Waals surface area contributed by atoms with E-state index in [0.717, 1.165) is 12.1 Å². The van der Waals surface area contributed by atoms with Crippen molar-refractivity contribution >= 4 is 55.9 Å². The molecule has 51 heavy (non-hydrogen) atoms. The molecular formula is C48H33N3. The van der Waals surface area contributed by atoms with Crippen molar-refractivity contribution in [3.63, 3.8) is 0 Å². The molecule has 11 rings (SSSR count). The Morgan fingerprint density at radius 3 is 1.80 bits per heavy atom. The number of nitrogens with zero attached hydrogens (tertiary/aromatic N) is 3. The molecule has 3 heterocycles. The molecule has 2 aliphatic rings. The van der Waals surface area contributed by atoms with Gasteiger partial charge >= 0.3 is 0 Å². The van der Waals surface area contributed by atoms with Crippen LogP contribution < -0.4 is 15.5 Å². The van der Waals surface area contributed by atoms with Gasteiger partial charge in [0.25, 0.3) is 0 Å². The molecule has 3 heteroatoms. The first-order valence-corrected chi connectivity index (χ1v) is 17.8. The highest BCUT2D eigenvalue weighted by atomic mass is 15.2. The van der Waals surface area contributed by atoms with Gasteiger partial charge in [0.05, 0.1) is 27.6 Å². The van der Waals surface area contributed by atoms with E-state index in [1.807, 2.05) is 0 Å². The average Bonchev–Trinajstić information content (AvgIpc) is 3.84. The van der Waals surface area contributed by atoms with Gasteiger partial charge in [0.2, 0.25) is 0 Å². The Balaban J connectivity index is 1.17. The maximum atomic E-state index is 2.58. The van der Waals surface area contributed by atoms with Crippen LogP contribution in [-0.2, 0) is 0 Å². The van der Waals surface area contributed by atoms with Crippen LogP contribution in [0.15, 0.2) is 176 Å². The van der Waals surface area contributed by atoms with E-state index in [4.69, 9.17) is 0 Å². The fraction of sp³-hybridized carbons (Fsp3) is 0.0417. The van der Waals surface area contributed by atoms with E-state index in [1.54, 1.807) is 0 Å². The third-order valence-corrected chi connectivity index (χ3v) is 11.0. The molecule has 1 atom stereocenters. The van der Waals surface area contributed by atoms with E-state index < -0.39 is 0 Å². The van der Waals surface area contributed by atoms with E-state index in [1.165, 1.54) is 82.7 Å². The van der Waals surface area contributed by atoms with E-state index in [-0.39, 0.29) is 5.92 Å². The molecule has 0 bridgehead atoms. The zero-order valence-corrected chi connectivity index (χ0v) is 27.9. The van der Waals surface area contributed by atoms with Gasteiger partial charge in [-0.05, 0) is 72.1 Å². The number of anilines is 2. The fourth-order valence-electron chi connectivity index (χ4n) is 8.94. The Morgan fingerprint density at radius 1 is 0.451 bits per heavy atom. The Labute approximate surface area is 295 Å². The van der Waals surface area contributed by atoms with E-state index in [2.05, 4.69) is 196 Å². The summed E-state index contributed by atoms with van der Waals surface area (Å²) in [4.78, 5) is 2.58. The Bertz CT molecular complexity index is 2910. The normalized spacial score (nSPS) is 14.9. The van der Waals surface area contributed by atoms with Gasteiger partial charge in [0.15, 0.2) is 0 Å². The van der Waals surface area contributed by atoms with Crippen molar-refractivity contribution in [2.45, 2.75) is 12.3 Å². The zero-order valence-electron chi connectivity index (χ0n) is 27.9. The molecule has 3 nitrogen and oxygen atoms in total. The van der Waals surface area contributed by atoms with Crippen LogP contribution in [-0.4, -0.2) is 9.13 Å². The van der Waals surface area contributed by atoms with Crippen molar-refractivity contribution in [2.24, 2.45) is 0 Å². The highest BCUT2D eigenvalue weighted by molar-refractivity contribution is 6.09. The van der Waals surface area contributed by atoms with Crippen molar-refractivity contribution < 1.29 is 0 Å². The number of benzene rings is 7. The standard InChI is InChI=1S/C48H33N3/c1-2-16-33(17-3-1)49-45-28-13-8-23-40(45)47-46(49)30-29-39-38-22-7-12-27-44(38)51(48(39)47)41-24-9-4-19-35(41)32-15-14-18-34(31-32)50-42-25-10-5-20-36(42)37-21-6-11-26-43(37)50/h1-28,30-31,39H,29H2. The van der Waals surface area contributed by atoms with Gasteiger partial charge in [-0.1, -0.05) is 127 Å². The van der Waals surface area contributed by atoms with Gasteiger partial charge < -0.3 is 14.0 Å². The number of rotatable bonds is 4. The van der Waals surface area contributed by atoms with Crippen LogP contribution >= 0.6 is 0 Å². The molecule has 0 saturated heterocycles. The summed E-state index contributed by atoms with van der Waals surface area (Å²) in [6.07, 6.45) is 3.42. The van der Waals surface area contributed by atoms with E-state index in [0.29, 0.717) is 0 Å². The maximum absolute atomic E-state index is 2.58. The Kier molecular flexibility index (Phi) is 6.08. The van der Waals surface area contributed by atoms with Gasteiger partial charge in [-0.25, -0.2) is 0 Å². The monoisotopic (exact) mass is 651 g/mol. The minimum Gasteiger partial charge on any atom is -0.312 e. The second-order valence-corrected chi connectivity index (χ2v) is 13.7. The highest BCUT2D eigenvalue weighted by Gasteiger charge is 2.38. The predicted octanol–water partition coefficient (Wildman–Crippen LogP) is 10.6. The highest BCUT2D eigenvalue weighted by Crippen LogP contribution is 2.52. The third-order valence-electron chi connectivity index (χ3n) is 11.0. The molecule has 9 aromatic rings. The van der Waals surface area contributed by atoms with E-state index in [9.17, 15) is 0 Å². The third kappa shape index (κ3) is 4.06. The minimum absolute atomic E-state index is 0.265. The molecule has 240 valence electrons. The fourth-order valence-corrected chi connectivity index (χ4v) is 8.94. The molecule has 1 unspecified atom stereocenters. The summed E-state index contributed by atoms with van der Waals surface area (Å²) in [7, 11) is 0. The van der Waals surface area contributed by atoms with Crippen molar-refractivity contribution in [1.82, 2.24) is 9.13 Å². The summed E-state index contributed by atoms with van der Waals surface area (Å²) in [5.41, 5.74) is 13.7. The largest absolute Gasteiger partial charge is 0.312 e. The van der Waals surface area contributed by atoms with Crippen LogP contribution in [0.4, 0.5) is 11.4 Å².